The number of amides is 1. The van der Waals surface area contributed by atoms with Crippen LogP contribution >= 0.6 is 0 Å². The number of pyridine rings is 1. The molecule has 0 unspecified atom stereocenters. The van der Waals surface area contributed by atoms with Crippen LogP contribution in [0.2, 0.25) is 0 Å². The number of hydrogen-bond acceptors (Lipinski definition) is 3. The second-order valence-electron chi connectivity index (χ2n) is 3.89. The molecule has 0 aromatic carbocycles. The molecule has 0 atom stereocenters. The number of nitrogens with one attached hydrogen (secondary N) is 1. The molecule has 1 rings (SSSR count). The van der Waals surface area contributed by atoms with E-state index >= 15 is 0 Å². The van der Waals surface area contributed by atoms with E-state index in [4.69, 9.17) is 5.73 Å². The first kappa shape index (κ1) is 10.5. The van der Waals surface area contributed by atoms with Crippen LogP contribution in [0.4, 0.5) is 5.69 Å². The van der Waals surface area contributed by atoms with Crippen LogP contribution < -0.4 is 11.1 Å². The van der Waals surface area contributed by atoms with Gasteiger partial charge in [0.2, 0.25) is 5.91 Å². The molecular formula is C10H15N3O. The van der Waals surface area contributed by atoms with Crippen molar-refractivity contribution in [3.8, 4) is 0 Å². The van der Waals surface area contributed by atoms with Gasteiger partial charge in [-0.15, -0.1) is 0 Å². The van der Waals surface area contributed by atoms with Crippen LogP contribution in [0, 0.1) is 0 Å². The predicted molar refractivity (Wildman–Crippen MR) is 55.8 cm³/mol. The van der Waals surface area contributed by atoms with Crippen molar-refractivity contribution >= 4 is 11.6 Å². The molecule has 0 radical (unpaired) electrons. The Balaban J connectivity index is 2.63. The van der Waals surface area contributed by atoms with Gasteiger partial charge in [0.25, 0.3) is 0 Å². The van der Waals surface area contributed by atoms with Gasteiger partial charge in [-0.3, -0.25) is 9.78 Å². The average molecular weight is 193 g/mol. The average Bonchev–Trinajstić information content (AvgIpc) is 2.02. The smallest absolute Gasteiger partial charge is 0.219 e. The van der Waals surface area contributed by atoms with Gasteiger partial charge in [-0.1, -0.05) is 0 Å². The van der Waals surface area contributed by atoms with E-state index in [-0.39, 0.29) is 11.4 Å². The second-order valence-corrected chi connectivity index (χ2v) is 3.89. The predicted octanol–water partition coefficient (Wildman–Crippen LogP) is 1.15. The largest absolute Gasteiger partial charge is 0.380 e. The first-order valence-electron chi connectivity index (χ1n) is 4.46. The molecule has 1 amide bonds. The minimum Gasteiger partial charge on any atom is -0.380 e. The molecule has 1 heterocycles. The lowest BCUT2D eigenvalue weighted by Gasteiger charge is -2.25. The molecule has 14 heavy (non-hydrogen) atoms. The number of aromatic nitrogens is 1. The van der Waals surface area contributed by atoms with Crippen LogP contribution in [0.3, 0.4) is 0 Å². The summed E-state index contributed by atoms with van der Waals surface area (Å²) < 4.78 is 0. The van der Waals surface area contributed by atoms with Crippen molar-refractivity contribution in [2.24, 2.45) is 5.73 Å². The van der Waals surface area contributed by atoms with Crippen LogP contribution in [-0.2, 0) is 4.79 Å². The maximum atomic E-state index is 10.8. The summed E-state index contributed by atoms with van der Waals surface area (Å²) in [6.07, 6.45) is 3.70. The van der Waals surface area contributed by atoms with E-state index in [1.165, 1.54) is 0 Å². The summed E-state index contributed by atoms with van der Waals surface area (Å²) in [5.74, 6) is -0.309. The summed E-state index contributed by atoms with van der Waals surface area (Å²) in [7, 11) is 0. The topological polar surface area (TPSA) is 68.0 Å². The number of nitrogens with zero attached hydrogens (tertiary/aromatic N) is 1. The summed E-state index contributed by atoms with van der Waals surface area (Å²) in [6, 6.07) is 3.70. The standard InChI is InChI=1S/C10H15N3O/c1-10(2,7-9(11)14)13-8-3-5-12-6-4-8/h3-6H,7H2,1-2H3,(H2,11,14)(H,12,13). The number of hydrogen-bond donors (Lipinski definition) is 2. The lowest BCUT2D eigenvalue weighted by Crippen LogP contribution is -2.35. The summed E-state index contributed by atoms with van der Waals surface area (Å²) in [6.45, 7) is 3.86. The van der Waals surface area contributed by atoms with Crippen molar-refractivity contribution in [2.75, 3.05) is 5.32 Å². The highest BCUT2D eigenvalue weighted by Crippen LogP contribution is 2.16. The molecule has 0 aliphatic carbocycles. The lowest BCUT2D eigenvalue weighted by atomic mass is 10.00. The summed E-state index contributed by atoms with van der Waals surface area (Å²) >= 11 is 0. The van der Waals surface area contributed by atoms with E-state index in [9.17, 15) is 4.79 Å². The minimum atomic E-state index is -0.326. The van der Waals surface area contributed by atoms with Gasteiger partial charge in [-0.05, 0) is 26.0 Å². The van der Waals surface area contributed by atoms with Crippen LogP contribution in [0.25, 0.3) is 0 Å². The monoisotopic (exact) mass is 193 g/mol. The Kier molecular flexibility index (Phi) is 3.06. The maximum Gasteiger partial charge on any atom is 0.219 e. The van der Waals surface area contributed by atoms with E-state index in [2.05, 4.69) is 10.3 Å². The molecule has 0 saturated heterocycles. The zero-order valence-electron chi connectivity index (χ0n) is 8.45. The minimum absolute atomic E-state index is 0.301. The van der Waals surface area contributed by atoms with E-state index in [0.717, 1.165) is 5.69 Å². The third-order valence-electron chi connectivity index (χ3n) is 1.78. The molecule has 0 aliphatic rings. The molecule has 3 N–H and O–H groups in total. The summed E-state index contributed by atoms with van der Waals surface area (Å²) in [5.41, 5.74) is 5.75. The first-order valence-corrected chi connectivity index (χ1v) is 4.46. The van der Waals surface area contributed by atoms with Gasteiger partial charge in [0.15, 0.2) is 0 Å². The van der Waals surface area contributed by atoms with Gasteiger partial charge in [-0.25, -0.2) is 0 Å². The van der Waals surface area contributed by atoms with Crippen molar-refractivity contribution in [2.45, 2.75) is 25.8 Å². The first-order chi connectivity index (χ1) is 6.49. The number of rotatable bonds is 4. The van der Waals surface area contributed by atoms with E-state index in [1.54, 1.807) is 12.4 Å². The SMILES string of the molecule is CC(C)(CC(N)=O)Nc1ccncc1. The number of primary amides is 1. The molecule has 0 spiro atoms. The zero-order chi connectivity index (χ0) is 10.6. The molecule has 1 aromatic rings. The molecule has 4 heteroatoms. The van der Waals surface area contributed by atoms with Crippen LogP contribution in [-0.4, -0.2) is 16.4 Å². The Hall–Kier alpha value is -1.58. The van der Waals surface area contributed by atoms with Gasteiger partial charge in [0.05, 0.1) is 0 Å². The number of carbonyl (C=O) groups excluding carboxylic acids is 1. The van der Waals surface area contributed by atoms with Crippen LogP contribution in [0.5, 0.6) is 0 Å². The molecule has 1 aromatic heterocycles. The third kappa shape index (κ3) is 3.43. The third-order valence-corrected chi connectivity index (χ3v) is 1.78. The highest BCUT2D eigenvalue weighted by molar-refractivity contribution is 5.75. The normalized spacial score (nSPS) is 11.0. The fourth-order valence-corrected chi connectivity index (χ4v) is 1.31. The van der Waals surface area contributed by atoms with Gasteiger partial charge in [-0.2, -0.15) is 0 Å². The van der Waals surface area contributed by atoms with E-state index < -0.39 is 0 Å². The highest BCUT2D eigenvalue weighted by Gasteiger charge is 2.19. The number of nitrogens with two attached hydrogens (primary N) is 1. The molecule has 0 fully saturated rings. The van der Waals surface area contributed by atoms with E-state index in [1.807, 2.05) is 26.0 Å². The Morgan fingerprint density at radius 2 is 2.07 bits per heavy atom. The fourth-order valence-electron chi connectivity index (χ4n) is 1.31. The van der Waals surface area contributed by atoms with Gasteiger partial charge < -0.3 is 11.1 Å². The van der Waals surface area contributed by atoms with E-state index in [0.29, 0.717) is 6.42 Å². The van der Waals surface area contributed by atoms with Crippen LogP contribution in [0.1, 0.15) is 20.3 Å². The quantitative estimate of drug-likeness (QED) is 0.753. The number of carbonyl (C=O) groups is 1. The van der Waals surface area contributed by atoms with Crippen molar-refractivity contribution < 1.29 is 4.79 Å². The molecule has 0 saturated carbocycles. The Morgan fingerprint density at radius 3 is 2.57 bits per heavy atom. The van der Waals surface area contributed by atoms with Crippen LogP contribution in [0.15, 0.2) is 24.5 Å². The van der Waals surface area contributed by atoms with Gasteiger partial charge in [0, 0.05) is 30.0 Å². The number of anilines is 1. The van der Waals surface area contributed by atoms with Gasteiger partial charge in [0.1, 0.15) is 0 Å². The van der Waals surface area contributed by atoms with Crippen molar-refractivity contribution in [3.63, 3.8) is 0 Å². The molecule has 0 aliphatic heterocycles. The van der Waals surface area contributed by atoms with Crippen molar-refractivity contribution in [1.82, 2.24) is 4.98 Å². The fraction of sp³-hybridized carbons (Fsp3) is 0.400. The molecule has 0 bridgehead atoms. The summed E-state index contributed by atoms with van der Waals surface area (Å²) in [4.78, 5) is 14.7. The molecule has 76 valence electrons. The Labute approximate surface area is 83.5 Å². The zero-order valence-corrected chi connectivity index (χ0v) is 8.45. The Morgan fingerprint density at radius 1 is 1.50 bits per heavy atom. The second kappa shape index (κ2) is 4.09. The van der Waals surface area contributed by atoms with Crippen molar-refractivity contribution in [3.05, 3.63) is 24.5 Å². The lowest BCUT2D eigenvalue weighted by molar-refractivity contribution is -0.118. The van der Waals surface area contributed by atoms with Crippen molar-refractivity contribution in [1.29, 1.82) is 0 Å². The Bertz CT molecular complexity index is 308. The van der Waals surface area contributed by atoms with Gasteiger partial charge >= 0.3 is 0 Å². The molecule has 4 nitrogen and oxygen atoms in total. The maximum absolute atomic E-state index is 10.8. The molecular weight excluding hydrogens is 178 g/mol. The highest BCUT2D eigenvalue weighted by atomic mass is 16.1. The summed E-state index contributed by atoms with van der Waals surface area (Å²) in [5, 5.41) is 3.21.